The Morgan fingerprint density at radius 3 is 2.65 bits per heavy atom. The number of benzene rings is 2. The second-order valence-corrected chi connectivity index (χ2v) is 10.9. The lowest BCUT2D eigenvalue weighted by atomic mass is 9.98. The van der Waals surface area contributed by atoms with Crippen molar-refractivity contribution in [3.8, 4) is 5.75 Å². The quantitative estimate of drug-likeness (QED) is 0.654. The van der Waals surface area contributed by atoms with Crippen LogP contribution in [-0.2, 0) is 26.2 Å². The smallest absolute Gasteiger partial charge is 0.265 e. The maximum atomic E-state index is 13.5. The Morgan fingerprint density at radius 1 is 1.21 bits per heavy atom. The fourth-order valence-electron chi connectivity index (χ4n) is 4.38. The van der Waals surface area contributed by atoms with Gasteiger partial charge in [-0.1, -0.05) is 36.8 Å². The number of fused-ring (bicyclic) bond motifs is 1. The number of carbonyl (C=O) groups is 2. The minimum atomic E-state index is -3.84. The topological polar surface area (TPSA) is 105 Å². The van der Waals surface area contributed by atoms with Gasteiger partial charge in [0.2, 0.25) is 15.9 Å². The molecule has 0 aromatic heterocycles. The van der Waals surface area contributed by atoms with Crippen LogP contribution >= 0.6 is 0 Å². The van der Waals surface area contributed by atoms with Crippen LogP contribution in [0.1, 0.15) is 42.9 Å². The Balaban J connectivity index is 1.48. The minimum Gasteiger partial charge on any atom is -0.478 e. The number of ether oxygens (including phenoxy) is 1. The molecule has 182 valence electrons. The number of carbonyl (C=O) groups excluding carboxylic acids is 2. The maximum absolute atomic E-state index is 13.5. The summed E-state index contributed by atoms with van der Waals surface area (Å²) in [5.74, 6) is -0.438. The molecular weight excluding hydrogens is 454 g/mol. The van der Waals surface area contributed by atoms with Gasteiger partial charge in [0, 0.05) is 25.7 Å². The zero-order chi connectivity index (χ0) is 24.5. The first kappa shape index (κ1) is 24.2. The van der Waals surface area contributed by atoms with Gasteiger partial charge in [-0.05, 0) is 50.3 Å². The summed E-state index contributed by atoms with van der Waals surface area (Å²) < 4.78 is 34.2. The SMILES string of the molecule is CC[C@@H]1Oc2cc(S(=O)(=O)N3CCC[C@@H](C(=O)NCc4ccc(C)cc4)C3)c(C)cc2NC1=O. The molecule has 9 heteroatoms. The molecule has 0 unspecified atom stereocenters. The molecule has 2 aliphatic heterocycles. The highest BCUT2D eigenvalue weighted by atomic mass is 32.2. The molecule has 0 spiro atoms. The number of nitrogens with zero attached hydrogens (tertiary/aromatic N) is 1. The van der Waals surface area contributed by atoms with Crippen molar-refractivity contribution in [2.45, 2.75) is 57.6 Å². The molecular formula is C25H31N3O5S. The zero-order valence-electron chi connectivity index (χ0n) is 19.8. The summed E-state index contributed by atoms with van der Waals surface area (Å²) in [6.45, 7) is 6.44. The molecule has 34 heavy (non-hydrogen) atoms. The number of piperidine rings is 1. The molecule has 2 N–H and O–H groups in total. The number of rotatable bonds is 6. The largest absolute Gasteiger partial charge is 0.478 e. The van der Waals surface area contributed by atoms with Crippen LogP contribution in [0.2, 0.25) is 0 Å². The van der Waals surface area contributed by atoms with E-state index in [1.54, 1.807) is 13.0 Å². The van der Waals surface area contributed by atoms with Gasteiger partial charge in [0.1, 0.15) is 5.75 Å². The van der Waals surface area contributed by atoms with E-state index in [4.69, 9.17) is 4.74 Å². The standard InChI is InChI=1S/C25H31N3O5S/c1-4-21-25(30)27-20-12-17(3)23(13-22(20)33-21)34(31,32)28-11-5-6-19(15-28)24(29)26-14-18-9-7-16(2)8-10-18/h7-10,12-13,19,21H,4-6,11,14-15H2,1-3H3,(H,26,29)(H,27,30)/t19-,21+/m1/s1. The van der Waals surface area contributed by atoms with Crippen LogP contribution in [0, 0.1) is 19.8 Å². The maximum Gasteiger partial charge on any atom is 0.265 e. The fourth-order valence-corrected chi connectivity index (χ4v) is 6.13. The van der Waals surface area contributed by atoms with E-state index in [0.717, 1.165) is 11.1 Å². The third-order valence-electron chi connectivity index (χ3n) is 6.43. The van der Waals surface area contributed by atoms with Crippen molar-refractivity contribution in [3.63, 3.8) is 0 Å². The molecule has 0 radical (unpaired) electrons. The van der Waals surface area contributed by atoms with Gasteiger partial charge in [0.05, 0.1) is 16.5 Å². The predicted octanol–water partition coefficient (Wildman–Crippen LogP) is 3.13. The molecule has 0 saturated carbocycles. The fraction of sp³-hybridized carbons (Fsp3) is 0.440. The van der Waals surface area contributed by atoms with Crippen LogP contribution in [0.5, 0.6) is 5.75 Å². The van der Waals surface area contributed by atoms with E-state index in [-0.39, 0.29) is 23.3 Å². The predicted molar refractivity (Wildman–Crippen MR) is 129 cm³/mol. The lowest BCUT2D eigenvalue weighted by Crippen LogP contribution is -2.45. The van der Waals surface area contributed by atoms with Crippen LogP contribution < -0.4 is 15.4 Å². The Labute approximate surface area is 200 Å². The second kappa shape index (κ2) is 9.76. The Kier molecular flexibility index (Phi) is 6.95. The molecule has 4 rings (SSSR count). The van der Waals surface area contributed by atoms with Crippen LogP contribution in [0.15, 0.2) is 41.3 Å². The van der Waals surface area contributed by atoms with E-state index in [0.29, 0.717) is 49.4 Å². The number of anilines is 1. The average Bonchev–Trinajstić information content (AvgIpc) is 2.82. The molecule has 0 aliphatic carbocycles. The van der Waals surface area contributed by atoms with Crippen LogP contribution in [0.3, 0.4) is 0 Å². The molecule has 2 aromatic rings. The van der Waals surface area contributed by atoms with Crippen LogP contribution in [0.25, 0.3) is 0 Å². The van der Waals surface area contributed by atoms with E-state index >= 15 is 0 Å². The van der Waals surface area contributed by atoms with Gasteiger partial charge in [-0.25, -0.2) is 8.42 Å². The Hall–Kier alpha value is -2.91. The van der Waals surface area contributed by atoms with E-state index in [2.05, 4.69) is 10.6 Å². The van der Waals surface area contributed by atoms with Crippen molar-refractivity contribution in [1.82, 2.24) is 9.62 Å². The highest BCUT2D eigenvalue weighted by molar-refractivity contribution is 7.89. The molecule has 2 heterocycles. The van der Waals surface area contributed by atoms with E-state index in [9.17, 15) is 18.0 Å². The molecule has 0 bridgehead atoms. The molecule has 8 nitrogen and oxygen atoms in total. The summed E-state index contributed by atoms with van der Waals surface area (Å²) in [5.41, 5.74) is 3.14. The lowest BCUT2D eigenvalue weighted by Gasteiger charge is -2.32. The molecule has 2 aliphatic rings. The first-order valence-corrected chi connectivity index (χ1v) is 13.1. The van der Waals surface area contributed by atoms with Gasteiger partial charge < -0.3 is 15.4 Å². The first-order valence-electron chi connectivity index (χ1n) is 11.6. The average molecular weight is 486 g/mol. The highest BCUT2D eigenvalue weighted by Gasteiger charge is 2.35. The molecule has 2 atom stereocenters. The normalized spacial score (nSPS) is 20.7. The Morgan fingerprint density at radius 2 is 1.94 bits per heavy atom. The van der Waals surface area contributed by atoms with Gasteiger partial charge in [0.15, 0.2) is 6.10 Å². The third kappa shape index (κ3) is 4.95. The van der Waals surface area contributed by atoms with Gasteiger partial charge in [-0.15, -0.1) is 0 Å². The summed E-state index contributed by atoms with van der Waals surface area (Å²) in [5, 5.41) is 5.73. The number of hydrogen-bond donors (Lipinski definition) is 2. The number of nitrogens with one attached hydrogen (secondary N) is 2. The van der Waals surface area contributed by atoms with Gasteiger partial charge in [-0.3, -0.25) is 9.59 Å². The summed E-state index contributed by atoms with van der Waals surface area (Å²) >= 11 is 0. The first-order chi connectivity index (χ1) is 16.2. The van der Waals surface area contributed by atoms with Crippen molar-refractivity contribution in [1.29, 1.82) is 0 Å². The molecule has 2 amide bonds. The van der Waals surface area contributed by atoms with Crippen LogP contribution in [0.4, 0.5) is 5.69 Å². The van der Waals surface area contributed by atoms with Crippen molar-refractivity contribution in [2.24, 2.45) is 5.92 Å². The summed E-state index contributed by atoms with van der Waals surface area (Å²) in [4.78, 5) is 25.0. The van der Waals surface area contributed by atoms with E-state index in [1.165, 1.54) is 10.4 Å². The van der Waals surface area contributed by atoms with Gasteiger partial charge in [0.25, 0.3) is 5.91 Å². The molecule has 1 fully saturated rings. The summed E-state index contributed by atoms with van der Waals surface area (Å²) in [6.07, 6.45) is 1.08. The van der Waals surface area contributed by atoms with Crippen molar-refractivity contribution < 1.29 is 22.7 Å². The minimum absolute atomic E-state index is 0.133. The number of amides is 2. The van der Waals surface area contributed by atoms with E-state index < -0.39 is 22.0 Å². The van der Waals surface area contributed by atoms with Crippen molar-refractivity contribution in [2.75, 3.05) is 18.4 Å². The van der Waals surface area contributed by atoms with Gasteiger partial charge >= 0.3 is 0 Å². The highest BCUT2D eigenvalue weighted by Crippen LogP contribution is 2.36. The Bertz CT molecular complexity index is 1190. The lowest BCUT2D eigenvalue weighted by molar-refractivity contribution is -0.126. The zero-order valence-corrected chi connectivity index (χ0v) is 20.6. The number of sulfonamides is 1. The molecule has 2 aromatic carbocycles. The number of hydrogen-bond acceptors (Lipinski definition) is 5. The van der Waals surface area contributed by atoms with Crippen molar-refractivity contribution >= 4 is 27.5 Å². The summed E-state index contributed by atoms with van der Waals surface area (Å²) in [6, 6.07) is 11.1. The van der Waals surface area contributed by atoms with E-state index in [1.807, 2.05) is 38.1 Å². The monoisotopic (exact) mass is 485 g/mol. The second-order valence-electron chi connectivity index (χ2n) is 9.02. The number of aryl methyl sites for hydroxylation is 2. The van der Waals surface area contributed by atoms with Crippen molar-refractivity contribution in [3.05, 3.63) is 53.1 Å². The molecule has 1 saturated heterocycles. The third-order valence-corrected chi connectivity index (χ3v) is 8.43. The summed E-state index contributed by atoms with van der Waals surface area (Å²) in [7, 11) is -3.84. The van der Waals surface area contributed by atoms with Crippen LogP contribution in [-0.4, -0.2) is 43.7 Å². The van der Waals surface area contributed by atoms with Gasteiger partial charge in [-0.2, -0.15) is 4.31 Å².